The summed E-state index contributed by atoms with van der Waals surface area (Å²) in [5.74, 6) is 0. The molecule has 2 rings (SSSR count). The SMILES string of the molecule is F[B-](F)(F)CN1CCC2(CC1)COC2.[K+]. The molecule has 0 aromatic heterocycles. The Kier molecular flexibility index (Phi) is 5.18. The van der Waals surface area contributed by atoms with Crippen LogP contribution in [0.2, 0.25) is 0 Å². The smallest absolute Gasteiger partial charge is 0.448 e. The molecule has 1 spiro atoms. The molecule has 0 saturated carbocycles. The van der Waals surface area contributed by atoms with Crippen LogP contribution < -0.4 is 51.4 Å². The van der Waals surface area contributed by atoms with E-state index in [1.54, 1.807) is 0 Å². The number of ether oxygens (including phenoxy) is 1. The minimum Gasteiger partial charge on any atom is -0.448 e. The third-order valence-corrected chi connectivity index (χ3v) is 3.20. The van der Waals surface area contributed by atoms with Crippen molar-refractivity contribution < 1.29 is 69.1 Å². The molecule has 0 atom stereocenters. The van der Waals surface area contributed by atoms with Crippen molar-refractivity contribution in [2.24, 2.45) is 5.41 Å². The fourth-order valence-corrected chi connectivity index (χ4v) is 2.18. The molecular formula is C8H14BF3KNO. The van der Waals surface area contributed by atoms with Crippen molar-refractivity contribution in [3.8, 4) is 0 Å². The summed E-state index contributed by atoms with van der Waals surface area (Å²) in [5.41, 5.74) is 0.231. The van der Waals surface area contributed by atoms with Crippen molar-refractivity contribution in [3.63, 3.8) is 0 Å². The molecule has 0 aromatic carbocycles. The summed E-state index contributed by atoms with van der Waals surface area (Å²) >= 11 is 0. The van der Waals surface area contributed by atoms with E-state index < -0.39 is 13.4 Å². The third-order valence-electron chi connectivity index (χ3n) is 3.20. The Morgan fingerprint density at radius 2 is 1.67 bits per heavy atom. The zero-order chi connectivity index (χ0) is 10.2. The molecule has 2 aliphatic heterocycles. The molecule has 0 amide bonds. The van der Waals surface area contributed by atoms with Crippen LogP contribution >= 0.6 is 0 Å². The van der Waals surface area contributed by atoms with Gasteiger partial charge in [-0.25, -0.2) is 0 Å². The number of rotatable bonds is 2. The quantitative estimate of drug-likeness (QED) is 0.550. The van der Waals surface area contributed by atoms with Crippen LogP contribution in [0.25, 0.3) is 0 Å². The van der Waals surface area contributed by atoms with E-state index in [9.17, 15) is 12.9 Å². The largest absolute Gasteiger partial charge is 1.00 e. The summed E-state index contributed by atoms with van der Waals surface area (Å²) in [5, 5.41) is 0. The average molecular weight is 247 g/mol. The molecule has 0 aliphatic carbocycles. The summed E-state index contributed by atoms with van der Waals surface area (Å²) < 4.78 is 41.5. The second kappa shape index (κ2) is 5.37. The van der Waals surface area contributed by atoms with Gasteiger partial charge >= 0.3 is 58.4 Å². The van der Waals surface area contributed by atoms with E-state index in [4.69, 9.17) is 4.74 Å². The molecule has 0 unspecified atom stereocenters. The van der Waals surface area contributed by atoms with Gasteiger partial charge in [-0.3, -0.25) is 0 Å². The Hall–Kier alpha value is 1.41. The zero-order valence-corrected chi connectivity index (χ0v) is 12.1. The van der Waals surface area contributed by atoms with Crippen molar-refractivity contribution in [2.45, 2.75) is 12.8 Å². The van der Waals surface area contributed by atoms with Gasteiger partial charge in [0.1, 0.15) is 0 Å². The van der Waals surface area contributed by atoms with Gasteiger partial charge in [-0.1, -0.05) is 0 Å². The van der Waals surface area contributed by atoms with Gasteiger partial charge in [0.05, 0.1) is 13.2 Å². The summed E-state index contributed by atoms with van der Waals surface area (Å²) in [6.07, 6.45) is 1.02. The van der Waals surface area contributed by atoms with Gasteiger partial charge < -0.3 is 22.6 Å². The molecule has 2 aliphatic rings. The van der Waals surface area contributed by atoms with Gasteiger partial charge in [0, 0.05) is 5.41 Å². The summed E-state index contributed by atoms with van der Waals surface area (Å²) in [6.45, 7) is -2.01. The van der Waals surface area contributed by atoms with Crippen LogP contribution in [0.4, 0.5) is 12.9 Å². The van der Waals surface area contributed by atoms with Gasteiger partial charge in [0.2, 0.25) is 0 Å². The van der Waals surface area contributed by atoms with E-state index in [0.29, 0.717) is 13.1 Å². The van der Waals surface area contributed by atoms with E-state index >= 15 is 0 Å². The van der Waals surface area contributed by atoms with E-state index in [-0.39, 0.29) is 56.8 Å². The topological polar surface area (TPSA) is 12.5 Å². The molecule has 2 heterocycles. The maximum atomic E-state index is 12.1. The first-order valence-electron chi connectivity index (χ1n) is 5.00. The van der Waals surface area contributed by atoms with Gasteiger partial charge in [0.15, 0.2) is 0 Å². The summed E-state index contributed by atoms with van der Waals surface area (Å²) in [7, 11) is 0. The molecule has 0 N–H and O–H groups in total. The first-order valence-corrected chi connectivity index (χ1v) is 5.00. The maximum absolute atomic E-state index is 12.1. The van der Waals surface area contributed by atoms with Crippen molar-refractivity contribution in [2.75, 3.05) is 32.7 Å². The first-order chi connectivity index (χ1) is 6.49. The Balaban J connectivity index is 0.00000112. The van der Waals surface area contributed by atoms with Crippen LogP contribution in [0.3, 0.4) is 0 Å². The van der Waals surface area contributed by atoms with Crippen molar-refractivity contribution >= 4 is 6.98 Å². The van der Waals surface area contributed by atoms with Crippen LogP contribution in [0.1, 0.15) is 12.8 Å². The fourth-order valence-electron chi connectivity index (χ4n) is 2.18. The van der Waals surface area contributed by atoms with E-state index in [2.05, 4.69) is 0 Å². The van der Waals surface area contributed by atoms with Crippen LogP contribution in [0, 0.1) is 5.41 Å². The number of nitrogens with zero attached hydrogens (tertiary/aromatic N) is 1. The predicted octanol–water partition coefficient (Wildman–Crippen LogP) is -1.51. The standard InChI is InChI=1S/C8H14BF3NO.K/c10-9(11,12)7-13-3-1-8(2-4-13)5-14-6-8;/h1-7H2;/q-1;+1. The molecule has 0 aromatic rings. The Labute approximate surface area is 130 Å². The van der Waals surface area contributed by atoms with Gasteiger partial charge in [0.25, 0.3) is 0 Å². The van der Waals surface area contributed by atoms with Crippen LogP contribution in [-0.4, -0.2) is 44.6 Å². The molecular weight excluding hydrogens is 233 g/mol. The predicted molar refractivity (Wildman–Crippen MR) is 48.0 cm³/mol. The number of halogens is 3. The summed E-state index contributed by atoms with van der Waals surface area (Å²) in [6, 6.07) is 0. The normalized spacial score (nSPS) is 25.8. The van der Waals surface area contributed by atoms with Crippen LogP contribution in [0.5, 0.6) is 0 Å². The van der Waals surface area contributed by atoms with Gasteiger partial charge in [-0.05, 0) is 32.4 Å². The fraction of sp³-hybridized carbons (Fsp3) is 1.00. The molecule has 0 radical (unpaired) electrons. The Morgan fingerprint density at radius 3 is 2.00 bits per heavy atom. The van der Waals surface area contributed by atoms with Crippen molar-refractivity contribution in [1.82, 2.24) is 4.90 Å². The second-order valence-electron chi connectivity index (χ2n) is 4.50. The van der Waals surface area contributed by atoms with Crippen LogP contribution in [-0.2, 0) is 4.74 Å². The molecule has 0 bridgehead atoms. The van der Waals surface area contributed by atoms with E-state index in [1.807, 2.05) is 0 Å². The summed E-state index contributed by atoms with van der Waals surface area (Å²) in [4.78, 5) is 1.52. The number of hydrogen-bond donors (Lipinski definition) is 0. The van der Waals surface area contributed by atoms with Gasteiger partial charge in [-0.2, -0.15) is 0 Å². The Bertz CT molecular complexity index is 212. The van der Waals surface area contributed by atoms with Crippen molar-refractivity contribution in [1.29, 1.82) is 0 Å². The minimum atomic E-state index is -4.66. The number of piperidine rings is 1. The van der Waals surface area contributed by atoms with Gasteiger partial charge in [-0.15, -0.1) is 0 Å². The molecule has 2 saturated heterocycles. The van der Waals surface area contributed by atoms with E-state index in [1.165, 1.54) is 4.90 Å². The average Bonchev–Trinajstić information content (AvgIpc) is 2.00. The first kappa shape index (κ1) is 14.5. The molecule has 82 valence electrons. The van der Waals surface area contributed by atoms with Crippen LogP contribution in [0.15, 0.2) is 0 Å². The van der Waals surface area contributed by atoms with Crippen molar-refractivity contribution in [3.05, 3.63) is 0 Å². The monoisotopic (exact) mass is 247 g/mol. The third kappa shape index (κ3) is 3.97. The second-order valence-corrected chi connectivity index (χ2v) is 4.50. The van der Waals surface area contributed by atoms with E-state index in [0.717, 1.165) is 26.1 Å². The number of likely N-dealkylation sites (tertiary alicyclic amines) is 1. The molecule has 2 nitrogen and oxygen atoms in total. The Morgan fingerprint density at radius 1 is 1.13 bits per heavy atom. The minimum absolute atomic E-state index is 0. The number of hydrogen-bond acceptors (Lipinski definition) is 2. The molecule has 2 fully saturated rings. The molecule has 7 heteroatoms. The molecule has 15 heavy (non-hydrogen) atoms. The maximum Gasteiger partial charge on any atom is 1.00 e. The zero-order valence-electron chi connectivity index (χ0n) is 9.02.